The average molecular weight is 562 g/mol. The van der Waals surface area contributed by atoms with Gasteiger partial charge < -0.3 is 23.8 Å². The highest BCUT2D eigenvalue weighted by molar-refractivity contribution is 5.76. The molecule has 2 aromatic carbocycles. The summed E-state index contributed by atoms with van der Waals surface area (Å²) in [6, 6.07) is 12.6. The number of ether oxygens (including phenoxy) is 4. The number of nitrogens with zero attached hydrogens (tertiary/aromatic N) is 1. The quantitative estimate of drug-likeness (QED) is 0.303. The van der Waals surface area contributed by atoms with E-state index >= 15 is 0 Å². The number of likely N-dealkylation sites (tertiary alicyclic amines) is 1. The molecular formula is C34H40FNO5. The molecule has 3 aliphatic heterocycles. The third-order valence-corrected chi connectivity index (χ3v) is 10.5. The van der Waals surface area contributed by atoms with Gasteiger partial charge >= 0.3 is 5.97 Å². The molecule has 7 heteroatoms. The molecule has 0 amide bonds. The van der Waals surface area contributed by atoms with Crippen molar-refractivity contribution >= 4 is 5.97 Å². The normalized spacial score (nSPS) is 34.4. The lowest BCUT2D eigenvalue weighted by Crippen LogP contribution is -2.46. The van der Waals surface area contributed by atoms with Crippen LogP contribution in [-0.4, -0.2) is 50.0 Å². The number of benzene rings is 2. The van der Waals surface area contributed by atoms with Crippen LogP contribution in [0, 0.1) is 34.9 Å². The first-order valence-corrected chi connectivity index (χ1v) is 15.3. The molecule has 2 saturated heterocycles. The van der Waals surface area contributed by atoms with Crippen LogP contribution in [0.1, 0.15) is 57.4 Å². The van der Waals surface area contributed by atoms with Crippen LogP contribution < -0.4 is 14.2 Å². The maximum Gasteiger partial charge on any atom is 0.311 e. The second-order valence-electron chi connectivity index (χ2n) is 13.1. The van der Waals surface area contributed by atoms with Gasteiger partial charge in [-0.2, -0.15) is 0 Å². The smallest absolute Gasteiger partial charge is 0.311 e. The topological polar surface area (TPSA) is 57.2 Å². The number of fused-ring (bicyclic) bond motifs is 3. The van der Waals surface area contributed by atoms with Crippen molar-refractivity contribution in [2.45, 2.75) is 58.0 Å². The Morgan fingerprint density at radius 3 is 2.78 bits per heavy atom. The molecule has 0 N–H and O–H groups in total. The fourth-order valence-electron chi connectivity index (χ4n) is 8.30. The van der Waals surface area contributed by atoms with E-state index in [-0.39, 0.29) is 53.8 Å². The number of rotatable bonds is 6. The zero-order chi connectivity index (χ0) is 28.1. The fraction of sp³-hybridized carbons (Fsp3) is 0.559. The van der Waals surface area contributed by atoms with Gasteiger partial charge in [-0.3, -0.25) is 4.79 Å². The van der Waals surface area contributed by atoms with E-state index in [1.54, 1.807) is 17.7 Å². The second kappa shape index (κ2) is 10.6. The van der Waals surface area contributed by atoms with Crippen LogP contribution in [0.4, 0.5) is 4.39 Å². The van der Waals surface area contributed by atoms with E-state index in [1.807, 2.05) is 30.3 Å². The van der Waals surface area contributed by atoms with E-state index in [1.165, 1.54) is 19.3 Å². The third-order valence-electron chi connectivity index (χ3n) is 10.5. The van der Waals surface area contributed by atoms with Crippen LogP contribution in [0.3, 0.4) is 0 Å². The van der Waals surface area contributed by atoms with Crippen LogP contribution in [-0.2, 0) is 9.53 Å². The highest BCUT2D eigenvalue weighted by Crippen LogP contribution is 2.54. The Labute approximate surface area is 241 Å². The van der Waals surface area contributed by atoms with Crippen molar-refractivity contribution in [2.75, 3.05) is 33.0 Å². The molecule has 0 spiro atoms. The van der Waals surface area contributed by atoms with Gasteiger partial charge in [-0.1, -0.05) is 44.1 Å². The van der Waals surface area contributed by atoms with Crippen molar-refractivity contribution in [3.05, 3.63) is 65.5 Å². The van der Waals surface area contributed by atoms with Crippen molar-refractivity contribution in [3.63, 3.8) is 0 Å². The molecule has 3 fully saturated rings. The molecule has 0 aromatic heterocycles. The van der Waals surface area contributed by atoms with E-state index < -0.39 is 0 Å². The number of esters is 1. The predicted octanol–water partition coefficient (Wildman–Crippen LogP) is 6.35. The van der Waals surface area contributed by atoms with Crippen LogP contribution in [0.25, 0.3) is 0 Å². The molecule has 6 nitrogen and oxygen atoms in total. The molecule has 218 valence electrons. The maximum absolute atomic E-state index is 13.7. The first kappa shape index (κ1) is 26.8. The number of carbonyl (C=O) groups excluding carboxylic acids is 1. The summed E-state index contributed by atoms with van der Waals surface area (Å²) in [6.07, 6.45) is 7.99. The molecule has 0 bridgehead atoms. The Balaban J connectivity index is 1.08. The molecule has 2 aromatic rings. The average Bonchev–Trinajstić information content (AvgIpc) is 3.54. The Bertz CT molecular complexity index is 1330. The minimum Gasteiger partial charge on any atom is -0.493 e. The van der Waals surface area contributed by atoms with Gasteiger partial charge in [0.25, 0.3) is 0 Å². The van der Waals surface area contributed by atoms with Crippen LogP contribution in [0.15, 0.2) is 54.1 Å². The van der Waals surface area contributed by atoms with Crippen molar-refractivity contribution in [2.24, 2.45) is 29.1 Å². The SMILES string of the molecule is C[C@@H]1CCC[C@@]2(C)C[C@H]3OC(=O)[C@H](CN4CC[C@H](c5ccc(F)cc5)[C@H](COc5ccc6c(c5)OCO6)C4)[C@@H]3C=C12. The van der Waals surface area contributed by atoms with Gasteiger partial charge in [0.1, 0.15) is 17.7 Å². The Morgan fingerprint density at radius 1 is 1.10 bits per heavy atom. The van der Waals surface area contributed by atoms with Crippen molar-refractivity contribution in [3.8, 4) is 17.2 Å². The number of carbonyl (C=O) groups is 1. The monoisotopic (exact) mass is 561 g/mol. The van der Waals surface area contributed by atoms with Gasteiger partial charge in [0.05, 0.1) is 12.5 Å². The molecule has 5 aliphatic rings. The van der Waals surface area contributed by atoms with E-state index in [2.05, 4.69) is 24.8 Å². The highest BCUT2D eigenvalue weighted by Gasteiger charge is 2.52. The van der Waals surface area contributed by atoms with Crippen LogP contribution in [0.5, 0.6) is 17.2 Å². The van der Waals surface area contributed by atoms with Gasteiger partial charge in [-0.15, -0.1) is 0 Å². The van der Waals surface area contributed by atoms with Crippen molar-refractivity contribution in [1.29, 1.82) is 0 Å². The van der Waals surface area contributed by atoms with Crippen molar-refractivity contribution in [1.82, 2.24) is 4.90 Å². The summed E-state index contributed by atoms with van der Waals surface area (Å²) in [7, 11) is 0. The summed E-state index contributed by atoms with van der Waals surface area (Å²) in [6.45, 7) is 7.85. The lowest BCUT2D eigenvalue weighted by molar-refractivity contribution is -0.145. The molecule has 0 radical (unpaired) electrons. The molecule has 1 saturated carbocycles. The summed E-state index contributed by atoms with van der Waals surface area (Å²) >= 11 is 0. The minimum atomic E-state index is -0.223. The first-order chi connectivity index (χ1) is 19.9. The molecular weight excluding hydrogens is 521 g/mol. The predicted molar refractivity (Wildman–Crippen MR) is 152 cm³/mol. The standard InChI is InChI=1S/C34H40FNO5/c1-21-4-3-12-34(2)16-32-27(15-29(21)34)28(33(37)41-32)18-36-13-11-26(22-5-7-24(35)8-6-22)23(17-36)19-38-25-9-10-30-31(14-25)40-20-39-30/h5-10,14-15,21,23,26-28,32H,3-4,11-13,16-20H2,1-2H3/t21-,23+,26-,27+,28-,32-,34+/m1/s1. The van der Waals surface area contributed by atoms with Gasteiger partial charge in [-0.05, 0) is 79.3 Å². The number of hydrogen-bond donors (Lipinski definition) is 0. The van der Waals surface area contributed by atoms with E-state index in [0.29, 0.717) is 24.8 Å². The van der Waals surface area contributed by atoms with Crippen LogP contribution >= 0.6 is 0 Å². The Kier molecular flexibility index (Phi) is 6.96. The summed E-state index contributed by atoms with van der Waals surface area (Å²) in [5.74, 6) is 2.92. The van der Waals surface area contributed by atoms with E-state index in [9.17, 15) is 9.18 Å². The minimum absolute atomic E-state index is 0.00607. The van der Waals surface area contributed by atoms with Gasteiger partial charge in [0.2, 0.25) is 6.79 Å². The number of halogens is 1. The molecule has 2 aliphatic carbocycles. The molecule has 7 rings (SSSR count). The van der Waals surface area contributed by atoms with Crippen molar-refractivity contribution < 1.29 is 28.1 Å². The zero-order valence-corrected chi connectivity index (χ0v) is 24.0. The number of allylic oxidation sites excluding steroid dienone is 1. The lowest BCUT2D eigenvalue weighted by atomic mass is 9.59. The Hall–Kier alpha value is -3.06. The van der Waals surface area contributed by atoms with Gasteiger partial charge in [0.15, 0.2) is 11.5 Å². The largest absolute Gasteiger partial charge is 0.493 e. The molecule has 0 unspecified atom stereocenters. The first-order valence-electron chi connectivity index (χ1n) is 15.3. The number of hydrogen-bond acceptors (Lipinski definition) is 6. The summed E-state index contributed by atoms with van der Waals surface area (Å²) < 4.78 is 37.1. The molecule has 3 heterocycles. The summed E-state index contributed by atoms with van der Waals surface area (Å²) in [5.41, 5.74) is 2.85. The fourth-order valence-corrected chi connectivity index (χ4v) is 8.30. The maximum atomic E-state index is 13.7. The lowest BCUT2D eigenvalue weighted by Gasteiger charge is -2.46. The summed E-state index contributed by atoms with van der Waals surface area (Å²) in [4.78, 5) is 15.7. The van der Waals surface area contributed by atoms with E-state index in [0.717, 1.165) is 43.0 Å². The van der Waals surface area contributed by atoms with Gasteiger partial charge in [-0.25, -0.2) is 4.39 Å². The van der Waals surface area contributed by atoms with Gasteiger partial charge in [0, 0.05) is 31.0 Å². The second-order valence-corrected chi connectivity index (χ2v) is 13.1. The molecule has 7 atom stereocenters. The zero-order valence-electron chi connectivity index (χ0n) is 24.0. The summed E-state index contributed by atoms with van der Waals surface area (Å²) in [5, 5.41) is 0. The third kappa shape index (κ3) is 5.11. The van der Waals surface area contributed by atoms with E-state index in [4.69, 9.17) is 18.9 Å². The number of piperidine rings is 1. The highest BCUT2D eigenvalue weighted by atomic mass is 19.1. The Morgan fingerprint density at radius 2 is 1.93 bits per heavy atom. The molecule has 41 heavy (non-hydrogen) atoms. The van der Waals surface area contributed by atoms with Crippen LogP contribution in [0.2, 0.25) is 0 Å².